The molecule has 1 saturated heterocycles. The number of nitrogens with one attached hydrogen (secondary N) is 2. The van der Waals surface area contributed by atoms with Gasteiger partial charge < -0.3 is 19.5 Å². The van der Waals surface area contributed by atoms with Gasteiger partial charge in [0.15, 0.2) is 6.40 Å². The number of rotatable bonds is 3. The number of halogens is 1. The van der Waals surface area contributed by atoms with Gasteiger partial charge in [-0.05, 0) is 61.4 Å². The summed E-state index contributed by atoms with van der Waals surface area (Å²) >= 11 is 3.42. The van der Waals surface area contributed by atoms with Crippen LogP contribution in [0.25, 0.3) is 5.69 Å². The molecule has 0 radical (unpaired) electrons. The maximum absolute atomic E-state index is 12.9. The van der Waals surface area contributed by atoms with Gasteiger partial charge in [-0.2, -0.15) is 0 Å². The molecule has 2 aromatic carbocycles. The van der Waals surface area contributed by atoms with Crippen LogP contribution in [0.2, 0.25) is 0 Å². The highest BCUT2D eigenvalue weighted by Gasteiger charge is 2.42. The van der Waals surface area contributed by atoms with Crippen LogP contribution < -0.4 is 10.1 Å². The average Bonchev–Trinajstić information content (AvgIpc) is 3.26. The van der Waals surface area contributed by atoms with E-state index in [1.165, 1.54) is 5.69 Å². The van der Waals surface area contributed by atoms with Gasteiger partial charge in [0.25, 0.3) is 5.91 Å². The third kappa shape index (κ3) is 3.10. The quantitative estimate of drug-likeness (QED) is 0.432. The lowest BCUT2D eigenvalue weighted by Crippen LogP contribution is -2.51. The third-order valence-corrected chi connectivity index (χ3v) is 6.56. The number of carbonyl (C=O) groups is 1. The molecule has 0 saturated carbocycles. The molecular weight excluding hydrogens is 444 g/mol. The summed E-state index contributed by atoms with van der Waals surface area (Å²) in [4.78, 5) is 14.9. The zero-order chi connectivity index (χ0) is 20.7. The number of hydrogen-bond acceptors (Lipinski definition) is 4. The number of amides is 1. The molecule has 0 bridgehead atoms. The van der Waals surface area contributed by atoms with E-state index >= 15 is 0 Å². The number of carbonyl (C=O) groups excluding carboxylic acids is 1. The SMILES string of the molecule is N=COc1ccc2c(c1)NC1(CCN(C(=O)c3ccc(Br)cc3)CC1)c1cccn1-2. The summed E-state index contributed by atoms with van der Waals surface area (Å²) in [6, 6.07) is 17.6. The first-order valence-electron chi connectivity index (χ1n) is 9.90. The van der Waals surface area contributed by atoms with E-state index in [4.69, 9.17) is 10.1 Å². The first-order chi connectivity index (χ1) is 14.6. The normalized spacial score (nSPS) is 16.4. The zero-order valence-corrected chi connectivity index (χ0v) is 17.9. The number of fused-ring (bicyclic) bond motifs is 4. The molecule has 152 valence electrons. The van der Waals surface area contributed by atoms with E-state index in [1.807, 2.05) is 47.4 Å². The van der Waals surface area contributed by atoms with Gasteiger partial charge in [-0.15, -0.1) is 0 Å². The Hall–Kier alpha value is -3.06. The molecule has 2 N–H and O–H groups in total. The maximum atomic E-state index is 12.9. The maximum Gasteiger partial charge on any atom is 0.253 e. The molecule has 0 unspecified atom stereocenters. The fourth-order valence-corrected chi connectivity index (χ4v) is 4.78. The average molecular weight is 465 g/mol. The van der Waals surface area contributed by atoms with Crippen molar-refractivity contribution in [3.63, 3.8) is 0 Å². The highest BCUT2D eigenvalue weighted by Crippen LogP contribution is 2.44. The summed E-state index contributed by atoms with van der Waals surface area (Å²) in [5.41, 5.74) is 3.73. The van der Waals surface area contributed by atoms with Gasteiger partial charge in [0.05, 0.1) is 16.9 Å². The summed E-state index contributed by atoms with van der Waals surface area (Å²) in [7, 11) is 0. The van der Waals surface area contributed by atoms with Crippen LogP contribution in [-0.4, -0.2) is 34.9 Å². The lowest BCUT2D eigenvalue weighted by molar-refractivity contribution is 0.0676. The number of aromatic nitrogens is 1. The minimum absolute atomic E-state index is 0.0746. The minimum atomic E-state index is -0.240. The third-order valence-electron chi connectivity index (χ3n) is 6.03. The smallest absolute Gasteiger partial charge is 0.253 e. The molecule has 2 aliphatic heterocycles. The molecule has 30 heavy (non-hydrogen) atoms. The lowest BCUT2D eigenvalue weighted by Gasteiger charge is -2.46. The molecule has 1 spiro atoms. The summed E-state index contributed by atoms with van der Waals surface area (Å²) in [5, 5.41) is 10.9. The molecule has 6 nitrogen and oxygen atoms in total. The van der Waals surface area contributed by atoms with Crippen LogP contribution in [0.5, 0.6) is 5.75 Å². The summed E-state index contributed by atoms with van der Waals surface area (Å²) in [6.07, 6.45) is 4.64. The number of benzene rings is 2. The molecule has 1 amide bonds. The molecule has 5 rings (SSSR count). The van der Waals surface area contributed by atoms with Crippen molar-refractivity contribution in [2.75, 3.05) is 18.4 Å². The number of piperidine rings is 1. The molecule has 3 aromatic rings. The molecule has 1 fully saturated rings. The Bertz CT molecular complexity index is 1110. The van der Waals surface area contributed by atoms with Crippen LogP contribution in [0.3, 0.4) is 0 Å². The number of hydrogen-bond donors (Lipinski definition) is 2. The summed E-state index contributed by atoms with van der Waals surface area (Å²) in [6.45, 7) is 1.36. The van der Waals surface area contributed by atoms with E-state index in [9.17, 15) is 4.79 Å². The van der Waals surface area contributed by atoms with E-state index in [1.54, 1.807) is 0 Å². The van der Waals surface area contributed by atoms with Crippen molar-refractivity contribution in [2.24, 2.45) is 0 Å². The van der Waals surface area contributed by atoms with Crippen LogP contribution in [0.4, 0.5) is 5.69 Å². The van der Waals surface area contributed by atoms with Gasteiger partial charge in [-0.3, -0.25) is 10.2 Å². The van der Waals surface area contributed by atoms with Gasteiger partial charge in [0, 0.05) is 41.1 Å². The largest absolute Gasteiger partial charge is 0.446 e. The van der Waals surface area contributed by atoms with Gasteiger partial charge >= 0.3 is 0 Å². The highest BCUT2D eigenvalue weighted by atomic mass is 79.9. The Morgan fingerprint density at radius 2 is 1.90 bits per heavy atom. The molecule has 0 aliphatic carbocycles. The highest BCUT2D eigenvalue weighted by molar-refractivity contribution is 9.10. The van der Waals surface area contributed by atoms with Crippen LogP contribution in [-0.2, 0) is 5.54 Å². The van der Waals surface area contributed by atoms with Crippen LogP contribution in [0, 0.1) is 5.41 Å². The summed E-state index contributed by atoms with van der Waals surface area (Å²) < 4.78 is 8.44. The first kappa shape index (κ1) is 18.9. The van der Waals surface area contributed by atoms with E-state index in [-0.39, 0.29) is 11.4 Å². The standard InChI is InChI=1S/C23H21BrN4O2/c24-17-5-3-16(4-6-17)22(29)27-12-9-23(10-13-27)21-2-1-11-28(21)20-8-7-18(30-15-25)14-19(20)26-23/h1-8,11,14-15,25-26H,9-10,12-13H2. The predicted molar refractivity (Wildman–Crippen MR) is 120 cm³/mol. The predicted octanol–water partition coefficient (Wildman–Crippen LogP) is 4.78. The fourth-order valence-electron chi connectivity index (χ4n) is 4.52. The van der Waals surface area contributed by atoms with Gasteiger partial charge in [0.2, 0.25) is 0 Å². The van der Waals surface area contributed by atoms with Crippen molar-refractivity contribution in [3.8, 4) is 11.4 Å². The molecular formula is C23H21BrN4O2. The number of likely N-dealkylation sites (tertiary alicyclic amines) is 1. The zero-order valence-electron chi connectivity index (χ0n) is 16.3. The Labute approximate surface area is 183 Å². The summed E-state index contributed by atoms with van der Waals surface area (Å²) in [5.74, 6) is 0.704. The molecule has 7 heteroatoms. The van der Waals surface area contributed by atoms with Crippen LogP contribution in [0.1, 0.15) is 28.9 Å². The van der Waals surface area contributed by atoms with E-state index in [2.05, 4.69) is 44.1 Å². The number of nitrogens with zero attached hydrogens (tertiary/aromatic N) is 2. The molecule has 3 heterocycles. The van der Waals surface area contributed by atoms with Crippen LogP contribution in [0.15, 0.2) is 65.3 Å². The van der Waals surface area contributed by atoms with Crippen molar-refractivity contribution in [3.05, 3.63) is 76.5 Å². The second kappa shape index (κ2) is 7.32. The Morgan fingerprint density at radius 1 is 1.13 bits per heavy atom. The van der Waals surface area contributed by atoms with E-state index < -0.39 is 0 Å². The molecule has 0 atom stereocenters. The minimum Gasteiger partial charge on any atom is -0.446 e. The topological polar surface area (TPSA) is 70.3 Å². The lowest BCUT2D eigenvalue weighted by atomic mass is 9.82. The van der Waals surface area contributed by atoms with Crippen LogP contribution >= 0.6 is 15.9 Å². The van der Waals surface area contributed by atoms with Crippen molar-refractivity contribution in [1.29, 1.82) is 5.41 Å². The number of anilines is 1. The van der Waals surface area contributed by atoms with Gasteiger partial charge in [-0.25, -0.2) is 0 Å². The second-order valence-electron chi connectivity index (χ2n) is 7.68. The van der Waals surface area contributed by atoms with Gasteiger partial charge in [0.1, 0.15) is 5.75 Å². The van der Waals surface area contributed by atoms with Crippen molar-refractivity contribution >= 4 is 33.9 Å². The monoisotopic (exact) mass is 464 g/mol. The Morgan fingerprint density at radius 3 is 2.63 bits per heavy atom. The van der Waals surface area contributed by atoms with Gasteiger partial charge in [-0.1, -0.05) is 15.9 Å². The van der Waals surface area contributed by atoms with E-state index in [0.29, 0.717) is 24.4 Å². The van der Waals surface area contributed by atoms with Crippen molar-refractivity contribution in [2.45, 2.75) is 18.4 Å². The first-order valence-corrected chi connectivity index (χ1v) is 10.7. The molecule has 2 aliphatic rings. The number of ether oxygens (including phenoxy) is 1. The fraction of sp³-hybridized carbons (Fsp3) is 0.217. The van der Waals surface area contributed by atoms with E-state index in [0.717, 1.165) is 35.1 Å². The van der Waals surface area contributed by atoms with Crippen molar-refractivity contribution in [1.82, 2.24) is 9.47 Å². The Kier molecular flexibility index (Phi) is 4.62. The van der Waals surface area contributed by atoms with Crippen molar-refractivity contribution < 1.29 is 9.53 Å². The second-order valence-corrected chi connectivity index (χ2v) is 8.60. The Balaban J connectivity index is 1.41. The molecule has 1 aromatic heterocycles.